The van der Waals surface area contributed by atoms with E-state index in [0.717, 1.165) is 0 Å². The fraction of sp³-hybridized carbons (Fsp3) is 0.278. The minimum absolute atomic E-state index is 0.308. The SMILES string of the molecule is CCOc1ccc(NC(=O)c2cc(OC)ccc2OC)cc1OC. The van der Waals surface area contributed by atoms with Crippen molar-refractivity contribution in [2.45, 2.75) is 6.92 Å². The fourth-order valence-corrected chi connectivity index (χ4v) is 2.21. The van der Waals surface area contributed by atoms with Crippen LogP contribution in [0.15, 0.2) is 36.4 Å². The maximum absolute atomic E-state index is 12.6. The van der Waals surface area contributed by atoms with Crippen molar-refractivity contribution in [2.24, 2.45) is 0 Å². The lowest BCUT2D eigenvalue weighted by molar-refractivity contribution is 0.102. The van der Waals surface area contributed by atoms with E-state index in [1.54, 1.807) is 50.6 Å². The molecular weight excluding hydrogens is 310 g/mol. The molecule has 2 rings (SSSR count). The summed E-state index contributed by atoms with van der Waals surface area (Å²) in [6.45, 7) is 2.42. The molecule has 0 aliphatic heterocycles. The largest absolute Gasteiger partial charge is 0.497 e. The van der Waals surface area contributed by atoms with Crippen LogP contribution < -0.4 is 24.3 Å². The molecule has 0 spiro atoms. The van der Waals surface area contributed by atoms with Crippen LogP contribution in [0.2, 0.25) is 0 Å². The highest BCUT2D eigenvalue weighted by molar-refractivity contribution is 6.06. The van der Waals surface area contributed by atoms with E-state index >= 15 is 0 Å². The van der Waals surface area contributed by atoms with Crippen LogP contribution in [-0.2, 0) is 0 Å². The second-order valence-electron chi connectivity index (χ2n) is 4.82. The van der Waals surface area contributed by atoms with Crippen molar-refractivity contribution in [1.29, 1.82) is 0 Å². The van der Waals surface area contributed by atoms with Crippen molar-refractivity contribution < 1.29 is 23.7 Å². The molecule has 2 aromatic carbocycles. The quantitative estimate of drug-likeness (QED) is 0.843. The zero-order chi connectivity index (χ0) is 17.5. The second-order valence-corrected chi connectivity index (χ2v) is 4.82. The first kappa shape index (κ1) is 17.5. The van der Waals surface area contributed by atoms with Crippen molar-refractivity contribution in [2.75, 3.05) is 33.3 Å². The van der Waals surface area contributed by atoms with Crippen LogP contribution in [0.25, 0.3) is 0 Å². The summed E-state index contributed by atoms with van der Waals surface area (Å²) in [5, 5.41) is 2.82. The van der Waals surface area contributed by atoms with E-state index in [2.05, 4.69) is 5.32 Å². The maximum atomic E-state index is 12.6. The molecule has 0 aliphatic rings. The highest BCUT2D eigenvalue weighted by atomic mass is 16.5. The van der Waals surface area contributed by atoms with Gasteiger partial charge < -0.3 is 24.3 Å². The lowest BCUT2D eigenvalue weighted by Gasteiger charge is -2.13. The number of hydrogen-bond donors (Lipinski definition) is 1. The van der Waals surface area contributed by atoms with Gasteiger partial charge in [-0.05, 0) is 37.3 Å². The molecule has 0 aromatic heterocycles. The highest BCUT2D eigenvalue weighted by Gasteiger charge is 2.15. The topological polar surface area (TPSA) is 66.0 Å². The van der Waals surface area contributed by atoms with Crippen LogP contribution in [0, 0.1) is 0 Å². The van der Waals surface area contributed by atoms with Gasteiger partial charge in [-0.25, -0.2) is 0 Å². The maximum Gasteiger partial charge on any atom is 0.259 e. The summed E-state index contributed by atoms with van der Waals surface area (Å²) in [6.07, 6.45) is 0. The summed E-state index contributed by atoms with van der Waals surface area (Å²) in [6, 6.07) is 10.2. The van der Waals surface area contributed by atoms with Crippen LogP contribution >= 0.6 is 0 Å². The van der Waals surface area contributed by atoms with Gasteiger partial charge in [0.15, 0.2) is 11.5 Å². The fourth-order valence-electron chi connectivity index (χ4n) is 2.21. The average Bonchev–Trinajstić information content (AvgIpc) is 2.62. The molecule has 0 saturated carbocycles. The van der Waals surface area contributed by atoms with Crippen molar-refractivity contribution in [3.63, 3.8) is 0 Å². The van der Waals surface area contributed by atoms with Gasteiger partial charge in [-0.15, -0.1) is 0 Å². The predicted octanol–water partition coefficient (Wildman–Crippen LogP) is 3.36. The Morgan fingerprint density at radius 3 is 2.25 bits per heavy atom. The highest BCUT2D eigenvalue weighted by Crippen LogP contribution is 2.31. The molecule has 0 saturated heterocycles. The molecule has 0 heterocycles. The van der Waals surface area contributed by atoms with Gasteiger partial charge in [0.1, 0.15) is 11.5 Å². The third-order valence-corrected chi connectivity index (χ3v) is 3.37. The number of nitrogens with one attached hydrogen (secondary N) is 1. The molecule has 0 radical (unpaired) electrons. The minimum atomic E-state index is -0.308. The standard InChI is InChI=1S/C18H21NO5/c1-5-24-16-8-6-12(10-17(16)23-4)19-18(20)14-11-13(21-2)7-9-15(14)22-3/h6-11H,5H2,1-4H3,(H,19,20). The summed E-state index contributed by atoms with van der Waals surface area (Å²) >= 11 is 0. The predicted molar refractivity (Wildman–Crippen MR) is 91.7 cm³/mol. The Bertz CT molecular complexity index is 715. The lowest BCUT2D eigenvalue weighted by Crippen LogP contribution is -2.13. The Morgan fingerprint density at radius 2 is 1.62 bits per heavy atom. The van der Waals surface area contributed by atoms with E-state index < -0.39 is 0 Å². The minimum Gasteiger partial charge on any atom is -0.497 e. The Kier molecular flexibility index (Phi) is 5.89. The number of carbonyl (C=O) groups is 1. The van der Waals surface area contributed by atoms with Crippen molar-refractivity contribution >= 4 is 11.6 Å². The van der Waals surface area contributed by atoms with Crippen LogP contribution in [0.3, 0.4) is 0 Å². The smallest absolute Gasteiger partial charge is 0.259 e. The van der Waals surface area contributed by atoms with Crippen LogP contribution in [-0.4, -0.2) is 33.8 Å². The van der Waals surface area contributed by atoms with E-state index in [1.165, 1.54) is 7.11 Å². The summed E-state index contributed by atoms with van der Waals surface area (Å²) in [5.41, 5.74) is 0.967. The van der Waals surface area contributed by atoms with Gasteiger partial charge >= 0.3 is 0 Å². The molecule has 128 valence electrons. The summed E-state index contributed by atoms with van der Waals surface area (Å²) in [5.74, 6) is 1.90. The third-order valence-electron chi connectivity index (χ3n) is 3.37. The van der Waals surface area contributed by atoms with Gasteiger partial charge in [-0.1, -0.05) is 0 Å². The van der Waals surface area contributed by atoms with E-state index in [0.29, 0.717) is 40.9 Å². The number of ether oxygens (including phenoxy) is 4. The Hall–Kier alpha value is -2.89. The van der Waals surface area contributed by atoms with E-state index in [-0.39, 0.29) is 5.91 Å². The first-order chi connectivity index (χ1) is 11.6. The number of methoxy groups -OCH3 is 3. The number of anilines is 1. The van der Waals surface area contributed by atoms with Crippen molar-refractivity contribution in [3.05, 3.63) is 42.0 Å². The molecule has 0 atom stereocenters. The lowest BCUT2D eigenvalue weighted by atomic mass is 10.1. The van der Waals surface area contributed by atoms with Gasteiger partial charge in [0.2, 0.25) is 0 Å². The Morgan fingerprint density at radius 1 is 0.917 bits per heavy atom. The van der Waals surface area contributed by atoms with Crippen LogP contribution in [0.5, 0.6) is 23.0 Å². The number of carbonyl (C=O) groups excluding carboxylic acids is 1. The van der Waals surface area contributed by atoms with Crippen LogP contribution in [0.4, 0.5) is 5.69 Å². The Labute approximate surface area is 141 Å². The molecular formula is C18H21NO5. The first-order valence-electron chi connectivity index (χ1n) is 7.47. The number of hydrogen-bond acceptors (Lipinski definition) is 5. The van der Waals surface area contributed by atoms with Gasteiger partial charge in [-0.2, -0.15) is 0 Å². The molecule has 0 bridgehead atoms. The zero-order valence-corrected chi connectivity index (χ0v) is 14.2. The monoisotopic (exact) mass is 331 g/mol. The Balaban J connectivity index is 2.26. The summed E-state index contributed by atoms with van der Waals surface area (Å²) in [4.78, 5) is 12.6. The first-order valence-corrected chi connectivity index (χ1v) is 7.47. The molecule has 2 aromatic rings. The second kappa shape index (κ2) is 8.10. The average molecular weight is 331 g/mol. The molecule has 6 nitrogen and oxygen atoms in total. The number of rotatable bonds is 7. The molecule has 6 heteroatoms. The molecule has 1 amide bonds. The summed E-state index contributed by atoms with van der Waals surface area (Å²) in [7, 11) is 4.61. The van der Waals surface area contributed by atoms with Gasteiger partial charge in [0, 0.05) is 11.8 Å². The summed E-state index contributed by atoms with van der Waals surface area (Å²) < 4.78 is 21.2. The number of benzene rings is 2. The molecule has 0 unspecified atom stereocenters. The van der Waals surface area contributed by atoms with Gasteiger partial charge in [-0.3, -0.25) is 4.79 Å². The normalized spacial score (nSPS) is 10.0. The van der Waals surface area contributed by atoms with Gasteiger partial charge in [0.25, 0.3) is 5.91 Å². The molecule has 0 fully saturated rings. The zero-order valence-electron chi connectivity index (χ0n) is 14.2. The van der Waals surface area contributed by atoms with E-state index in [1.807, 2.05) is 6.92 Å². The van der Waals surface area contributed by atoms with Crippen LogP contribution in [0.1, 0.15) is 17.3 Å². The molecule has 1 N–H and O–H groups in total. The third kappa shape index (κ3) is 3.90. The van der Waals surface area contributed by atoms with Gasteiger partial charge in [0.05, 0.1) is 33.5 Å². The van der Waals surface area contributed by atoms with Crippen molar-refractivity contribution in [1.82, 2.24) is 0 Å². The molecule has 24 heavy (non-hydrogen) atoms. The number of amides is 1. The van der Waals surface area contributed by atoms with E-state index in [4.69, 9.17) is 18.9 Å². The van der Waals surface area contributed by atoms with Crippen molar-refractivity contribution in [3.8, 4) is 23.0 Å². The molecule has 0 aliphatic carbocycles. The van der Waals surface area contributed by atoms with E-state index in [9.17, 15) is 4.79 Å².